The number of nitrogens with zero attached hydrogens (tertiary/aromatic N) is 1. The summed E-state index contributed by atoms with van der Waals surface area (Å²) in [6.45, 7) is 7.78. The molecule has 0 heterocycles. The van der Waals surface area contributed by atoms with Crippen LogP contribution in [0.15, 0.2) is 36.4 Å². The van der Waals surface area contributed by atoms with E-state index in [2.05, 4.69) is 36.7 Å². The largest absolute Gasteiger partial charge is 0.335 e. The molecule has 0 aliphatic carbocycles. The molecule has 23 heavy (non-hydrogen) atoms. The van der Waals surface area contributed by atoms with Gasteiger partial charge in [-0.15, -0.1) is 0 Å². The zero-order valence-electron chi connectivity index (χ0n) is 14.3. The summed E-state index contributed by atoms with van der Waals surface area (Å²) in [7, 11) is 0. The van der Waals surface area contributed by atoms with Crippen molar-refractivity contribution in [3.05, 3.63) is 47.0 Å². The van der Waals surface area contributed by atoms with Crippen LogP contribution in [0.4, 0.5) is 0 Å². The van der Waals surface area contributed by atoms with Crippen molar-refractivity contribution < 1.29 is 4.79 Å². The average molecular weight is 401 g/mol. The minimum Gasteiger partial charge on any atom is -0.335 e. The van der Waals surface area contributed by atoms with Gasteiger partial charge in [0.1, 0.15) is 0 Å². The smallest absolute Gasteiger partial charge is 0.246 e. The minimum atomic E-state index is 0.0644. The van der Waals surface area contributed by atoms with Gasteiger partial charge >= 0.3 is 0 Å². The highest BCUT2D eigenvalue weighted by atomic mass is 79.9. The Bertz CT molecular complexity index is 499. The number of alkyl halides is 1. The minimum absolute atomic E-state index is 0.0644. The molecular formula is C19H27BrClNO. The van der Waals surface area contributed by atoms with Crippen LogP contribution in [0.1, 0.15) is 45.6 Å². The van der Waals surface area contributed by atoms with Gasteiger partial charge in [-0.25, -0.2) is 0 Å². The summed E-state index contributed by atoms with van der Waals surface area (Å²) < 4.78 is 0. The molecule has 0 saturated heterocycles. The highest BCUT2D eigenvalue weighted by molar-refractivity contribution is 9.09. The van der Waals surface area contributed by atoms with Crippen molar-refractivity contribution in [2.45, 2.75) is 51.4 Å². The number of allylic oxidation sites excluding steroid dienone is 1. The van der Waals surface area contributed by atoms with E-state index in [-0.39, 0.29) is 10.7 Å². The number of benzene rings is 1. The van der Waals surface area contributed by atoms with Gasteiger partial charge in [-0.1, -0.05) is 79.4 Å². The van der Waals surface area contributed by atoms with Crippen LogP contribution in [0.5, 0.6) is 0 Å². The molecule has 1 amide bonds. The van der Waals surface area contributed by atoms with Gasteiger partial charge in [0.2, 0.25) is 5.91 Å². The second-order valence-corrected chi connectivity index (χ2v) is 7.87. The summed E-state index contributed by atoms with van der Waals surface area (Å²) in [6.07, 6.45) is 7.05. The molecule has 0 saturated carbocycles. The van der Waals surface area contributed by atoms with Gasteiger partial charge in [-0.3, -0.25) is 4.79 Å². The molecule has 0 N–H and O–H groups in total. The average Bonchev–Trinajstić information content (AvgIpc) is 2.51. The molecule has 128 valence electrons. The Morgan fingerprint density at radius 3 is 2.52 bits per heavy atom. The Hall–Kier alpha value is -0.800. The first-order valence-corrected chi connectivity index (χ1v) is 9.57. The summed E-state index contributed by atoms with van der Waals surface area (Å²) in [5, 5.41) is 0.716. The van der Waals surface area contributed by atoms with Crippen molar-refractivity contribution in [2.24, 2.45) is 5.92 Å². The third kappa shape index (κ3) is 8.57. The van der Waals surface area contributed by atoms with E-state index in [9.17, 15) is 4.79 Å². The van der Waals surface area contributed by atoms with Crippen LogP contribution < -0.4 is 0 Å². The molecule has 1 unspecified atom stereocenters. The molecule has 0 spiro atoms. The van der Waals surface area contributed by atoms with Crippen molar-refractivity contribution in [1.82, 2.24) is 4.90 Å². The number of carbonyl (C=O) groups is 1. The zero-order chi connectivity index (χ0) is 17.2. The van der Waals surface area contributed by atoms with Gasteiger partial charge in [-0.2, -0.15) is 0 Å². The van der Waals surface area contributed by atoms with E-state index in [0.717, 1.165) is 24.9 Å². The number of hydrogen-bond donors (Lipinski definition) is 0. The van der Waals surface area contributed by atoms with Gasteiger partial charge in [-0.05, 0) is 30.0 Å². The predicted octanol–water partition coefficient (Wildman–Crippen LogP) is 5.83. The second kappa shape index (κ2) is 10.9. The lowest BCUT2D eigenvalue weighted by atomic mass is 10.1. The van der Waals surface area contributed by atoms with Crippen molar-refractivity contribution in [3.8, 4) is 0 Å². The number of rotatable bonds is 9. The topological polar surface area (TPSA) is 20.3 Å². The van der Waals surface area contributed by atoms with E-state index in [1.165, 1.54) is 6.42 Å². The van der Waals surface area contributed by atoms with Gasteiger partial charge in [0.05, 0.1) is 0 Å². The molecule has 0 radical (unpaired) electrons. The maximum absolute atomic E-state index is 12.5. The Labute approximate surface area is 154 Å². The zero-order valence-corrected chi connectivity index (χ0v) is 16.6. The Morgan fingerprint density at radius 2 is 1.96 bits per heavy atom. The number of amides is 1. The number of unbranched alkanes of at least 4 members (excludes halogenated alkanes) is 1. The van der Waals surface area contributed by atoms with Gasteiger partial charge in [0, 0.05) is 29.0 Å². The molecule has 0 aliphatic rings. The maximum atomic E-state index is 12.5. The fourth-order valence-corrected chi connectivity index (χ4v) is 2.87. The SMILES string of the molecule is CCCCC(Br)/C=C/C(=O)N(Cc1ccc(Cl)cc1)CC(C)C. The van der Waals surface area contributed by atoms with E-state index in [4.69, 9.17) is 11.6 Å². The Kier molecular flexibility index (Phi) is 9.57. The first kappa shape index (κ1) is 20.2. The van der Waals surface area contributed by atoms with E-state index in [1.807, 2.05) is 35.2 Å². The summed E-state index contributed by atoms with van der Waals surface area (Å²) in [4.78, 5) is 14.7. The van der Waals surface area contributed by atoms with Crippen molar-refractivity contribution in [3.63, 3.8) is 0 Å². The molecule has 1 rings (SSSR count). The molecule has 0 aliphatic heterocycles. The fraction of sp³-hybridized carbons (Fsp3) is 0.526. The lowest BCUT2D eigenvalue weighted by Gasteiger charge is -2.23. The highest BCUT2D eigenvalue weighted by Crippen LogP contribution is 2.14. The normalized spacial score (nSPS) is 12.8. The Balaban J connectivity index is 2.70. The lowest BCUT2D eigenvalue weighted by Crippen LogP contribution is -2.32. The van der Waals surface area contributed by atoms with Crippen LogP contribution in [0.3, 0.4) is 0 Å². The van der Waals surface area contributed by atoms with Crippen molar-refractivity contribution in [1.29, 1.82) is 0 Å². The summed E-state index contributed by atoms with van der Waals surface area (Å²) >= 11 is 9.53. The van der Waals surface area contributed by atoms with Crippen molar-refractivity contribution >= 4 is 33.4 Å². The summed E-state index contributed by atoms with van der Waals surface area (Å²) in [5.41, 5.74) is 1.10. The quantitative estimate of drug-likeness (QED) is 0.377. The molecule has 4 heteroatoms. The monoisotopic (exact) mass is 399 g/mol. The molecule has 0 bridgehead atoms. The van der Waals surface area contributed by atoms with E-state index in [0.29, 0.717) is 17.5 Å². The number of halogens is 2. The van der Waals surface area contributed by atoms with Crippen LogP contribution in [-0.2, 0) is 11.3 Å². The number of carbonyl (C=O) groups excluding carboxylic acids is 1. The van der Waals surface area contributed by atoms with Crippen molar-refractivity contribution in [2.75, 3.05) is 6.54 Å². The number of hydrogen-bond acceptors (Lipinski definition) is 1. The first-order valence-electron chi connectivity index (χ1n) is 8.28. The molecule has 0 aromatic heterocycles. The van der Waals surface area contributed by atoms with Crippen LogP contribution in [0.25, 0.3) is 0 Å². The van der Waals surface area contributed by atoms with Crippen LogP contribution >= 0.6 is 27.5 Å². The highest BCUT2D eigenvalue weighted by Gasteiger charge is 2.13. The third-order valence-electron chi connectivity index (χ3n) is 3.46. The maximum Gasteiger partial charge on any atom is 0.246 e. The summed E-state index contributed by atoms with van der Waals surface area (Å²) in [5.74, 6) is 0.495. The molecule has 1 aromatic rings. The molecule has 2 nitrogen and oxygen atoms in total. The third-order valence-corrected chi connectivity index (χ3v) is 4.48. The first-order chi connectivity index (χ1) is 10.9. The second-order valence-electron chi connectivity index (χ2n) is 6.26. The molecule has 1 aromatic carbocycles. The molecular weight excluding hydrogens is 374 g/mol. The van der Waals surface area contributed by atoms with Crippen LogP contribution in [0.2, 0.25) is 5.02 Å². The van der Waals surface area contributed by atoms with Gasteiger partial charge in [0.25, 0.3) is 0 Å². The van der Waals surface area contributed by atoms with E-state index < -0.39 is 0 Å². The predicted molar refractivity (Wildman–Crippen MR) is 103 cm³/mol. The lowest BCUT2D eigenvalue weighted by molar-refractivity contribution is -0.127. The summed E-state index contributed by atoms with van der Waals surface area (Å²) in [6, 6.07) is 7.68. The van der Waals surface area contributed by atoms with E-state index in [1.54, 1.807) is 6.08 Å². The fourth-order valence-electron chi connectivity index (χ4n) is 2.27. The standard InChI is InChI=1S/C19H27BrClNO/c1-4-5-6-17(20)9-12-19(23)22(13-15(2)3)14-16-7-10-18(21)11-8-16/h7-12,15,17H,4-6,13-14H2,1-3H3/b12-9+. The Morgan fingerprint density at radius 1 is 1.30 bits per heavy atom. The molecule has 1 atom stereocenters. The molecule has 0 fully saturated rings. The van der Waals surface area contributed by atoms with Crippen LogP contribution in [-0.4, -0.2) is 22.2 Å². The van der Waals surface area contributed by atoms with Crippen LogP contribution in [0, 0.1) is 5.92 Å². The van der Waals surface area contributed by atoms with Gasteiger partial charge in [0.15, 0.2) is 0 Å². The van der Waals surface area contributed by atoms with Gasteiger partial charge < -0.3 is 4.90 Å². The van der Waals surface area contributed by atoms with E-state index >= 15 is 0 Å².